The molecule has 0 spiro atoms. The molecule has 1 atom stereocenters. The predicted octanol–water partition coefficient (Wildman–Crippen LogP) is 4.41. The molecule has 0 saturated heterocycles. The van der Waals surface area contributed by atoms with Crippen molar-refractivity contribution in [3.8, 4) is 6.07 Å². The Hall–Kier alpha value is -2.63. The lowest BCUT2D eigenvalue weighted by Gasteiger charge is -2.27. The summed E-state index contributed by atoms with van der Waals surface area (Å²) in [5.41, 5.74) is 5.13. The summed E-state index contributed by atoms with van der Waals surface area (Å²) in [6, 6.07) is 17.9. The molecule has 2 heterocycles. The van der Waals surface area contributed by atoms with Crippen LogP contribution in [0, 0.1) is 18.3 Å². The summed E-state index contributed by atoms with van der Waals surface area (Å²) in [5.74, 6) is -0.151. The molecule has 1 N–H and O–H groups in total. The summed E-state index contributed by atoms with van der Waals surface area (Å²) in [6.45, 7) is 4.69. The van der Waals surface area contributed by atoms with E-state index in [9.17, 15) is 14.6 Å². The van der Waals surface area contributed by atoms with E-state index in [0.717, 1.165) is 47.0 Å². The summed E-state index contributed by atoms with van der Waals surface area (Å²) >= 11 is 0.475. The fourth-order valence-electron chi connectivity index (χ4n) is 3.98. The van der Waals surface area contributed by atoms with E-state index in [1.54, 1.807) is 18.4 Å². The summed E-state index contributed by atoms with van der Waals surface area (Å²) in [6.07, 6.45) is 2.65. The van der Waals surface area contributed by atoms with Crippen LogP contribution in [-0.2, 0) is 41.9 Å². The van der Waals surface area contributed by atoms with Crippen LogP contribution >= 0.6 is 11.3 Å². The van der Waals surface area contributed by atoms with Gasteiger partial charge in [0.1, 0.15) is 17.3 Å². The zero-order valence-corrected chi connectivity index (χ0v) is 19.8. The molecule has 1 aliphatic rings. The molecule has 1 unspecified atom stereocenters. The first kappa shape index (κ1) is 22.6. The SMILES string of the molecule is Cc1ccccc1CN1CCc2c(sc(NC(=O)Cc3ccc([S+](C)[O-])cc3)c2C#N)C1. The molecule has 7 heteroatoms. The number of carbonyl (C=O) groups is 1. The lowest BCUT2D eigenvalue weighted by molar-refractivity contribution is -0.115. The van der Waals surface area contributed by atoms with Gasteiger partial charge in [0, 0.05) is 24.5 Å². The molecule has 5 nitrogen and oxygen atoms in total. The highest BCUT2D eigenvalue weighted by molar-refractivity contribution is 7.90. The van der Waals surface area contributed by atoms with E-state index in [2.05, 4.69) is 47.5 Å². The average molecular weight is 464 g/mol. The minimum atomic E-state index is -1.04. The number of nitriles is 1. The van der Waals surface area contributed by atoms with Gasteiger partial charge in [-0.3, -0.25) is 9.69 Å². The smallest absolute Gasteiger partial charge is 0.229 e. The number of anilines is 1. The molecule has 2 aromatic carbocycles. The topological polar surface area (TPSA) is 79.2 Å². The van der Waals surface area contributed by atoms with Crippen molar-refractivity contribution in [3.63, 3.8) is 0 Å². The second-order valence-electron chi connectivity index (χ2n) is 8.03. The fraction of sp³-hybridized carbons (Fsp3) is 0.280. The maximum atomic E-state index is 12.6. The number of hydrogen-bond acceptors (Lipinski definition) is 5. The Kier molecular flexibility index (Phi) is 6.97. The summed E-state index contributed by atoms with van der Waals surface area (Å²) < 4.78 is 11.5. The van der Waals surface area contributed by atoms with Crippen LogP contribution < -0.4 is 5.32 Å². The Labute approximate surface area is 195 Å². The molecule has 164 valence electrons. The molecule has 0 bridgehead atoms. The Morgan fingerprint density at radius 1 is 1.25 bits per heavy atom. The zero-order valence-electron chi connectivity index (χ0n) is 18.2. The standard InChI is InChI=1S/C25H25N3O2S2/c1-17-5-3-4-6-19(17)15-28-12-11-21-22(14-26)25(31-23(21)16-28)27-24(29)13-18-7-9-20(10-8-18)32(2)30/h3-10H,11-13,15-16H2,1-2H3,(H,27,29). The van der Waals surface area contributed by atoms with Gasteiger partial charge in [-0.25, -0.2) is 0 Å². The van der Waals surface area contributed by atoms with Gasteiger partial charge in [-0.1, -0.05) is 36.4 Å². The average Bonchev–Trinajstić information content (AvgIpc) is 3.11. The Bertz CT molecular complexity index is 1160. The van der Waals surface area contributed by atoms with Crippen molar-refractivity contribution in [3.05, 3.63) is 81.2 Å². The largest absolute Gasteiger partial charge is 0.612 e. The van der Waals surface area contributed by atoms with Gasteiger partial charge in [0.25, 0.3) is 0 Å². The number of thiophene rings is 1. The van der Waals surface area contributed by atoms with Gasteiger partial charge in [0.15, 0.2) is 4.90 Å². The lowest BCUT2D eigenvalue weighted by Crippen LogP contribution is -2.29. The van der Waals surface area contributed by atoms with Crippen LogP contribution in [0.15, 0.2) is 53.4 Å². The van der Waals surface area contributed by atoms with E-state index < -0.39 is 11.2 Å². The maximum absolute atomic E-state index is 12.6. The number of nitrogens with one attached hydrogen (secondary N) is 1. The number of benzene rings is 2. The predicted molar refractivity (Wildman–Crippen MR) is 129 cm³/mol. The Morgan fingerprint density at radius 2 is 2.00 bits per heavy atom. The molecule has 4 rings (SSSR count). The van der Waals surface area contributed by atoms with E-state index in [4.69, 9.17) is 0 Å². The van der Waals surface area contributed by atoms with Gasteiger partial charge < -0.3 is 9.87 Å². The van der Waals surface area contributed by atoms with Crippen molar-refractivity contribution in [1.29, 1.82) is 5.26 Å². The number of nitrogens with zero attached hydrogens (tertiary/aromatic N) is 2. The van der Waals surface area contributed by atoms with E-state index in [1.165, 1.54) is 22.5 Å². The highest BCUT2D eigenvalue weighted by Gasteiger charge is 2.25. The minimum absolute atomic E-state index is 0.151. The third-order valence-corrected chi connectivity index (χ3v) is 7.84. The minimum Gasteiger partial charge on any atom is -0.612 e. The molecule has 32 heavy (non-hydrogen) atoms. The molecular weight excluding hydrogens is 438 g/mol. The van der Waals surface area contributed by atoms with Gasteiger partial charge in [0.2, 0.25) is 5.91 Å². The first-order valence-corrected chi connectivity index (χ1v) is 12.9. The quantitative estimate of drug-likeness (QED) is 0.550. The number of amides is 1. The second-order valence-corrected chi connectivity index (χ2v) is 10.5. The number of carbonyl (C=O) groups excluding carboxylic acids is 1. The van der Waals surface area contributed by atoms with Crippen molar-refractivity contribution >= 4 is 33.4 Å². The van der Waals surface area contributed by atoms with E-state index in [-0.39, 0.29) is 12.3 Å². The highest BCUT2D eigenvalue weighted by Crippen LogP contribution is 2.37. The van der Waals surface area contributed by atoms with Crippen molar-refractivity contribution in [1.82, 2.24) is 4.90 Å². The summed E-state index contributed by atoms with van der Waals surface area (Å²) in [7, 11) is 0. The molecule has 0 saturated carbocycles. The van der Waals surface area contributed by atoms with Gasteiger partial charge in [-0.05, 0) is 58.9 Å². The van der Waals surface area contributed by atoms with Gasteiger partial charge >= 0.3 is 0 Å². The van der Waals surface area contributed by atoms with Gasteiger partial charge in [0.05, 0.1) is 12.0 Å². The van der Waals surface area contributed by atoms with E-state index in [0.29, 0.717) is 10.6 Å². The maximum Gasteiger partial charge on any atom is 0.229 e. The van der Waals surface area contributed by atoms with Crippen LogP contribution in [0.2, 0.25) is 0 Å². The second kappa shape index (κ2) is 9.88. The van der Waals surface area contributed by atoms with Crippen molar-refractivity contribution in [2.75, 3.05) is 18.1 Å². The Morgan fingerprint density at radius 3 is 2.69 bits per heavy atom. The third kappa shape index (κ3) is 5.05. The van der Waals surface area contributed by atoms with Crippen LogP contribution in [0.3, 0.4) is 0 Å². The number of aryl methyl sites for hydroxylation is 1. The van der Waals surface area contributed by atoms with Gasteiger partial charge in [-0.2, -0.15) is 5.26 Å². The molecular formula is C25H25N3O2S2. The molecule has 3 aromatic rings. The normalized spacial score (nSPS) is 14.4. The van der Waals surface area contributed by atoms with E-state index in [1.807, 2.05) is 12.1 Å². The molecule has 1 amide bonds. The van der Waals surface area contributed by atoms with Crippen LogP contribution in [0.1, 0.15) is 32.7 Å². The van der Waals surface area contributed by atoms with Crippen LogP contribution in [0.4, 0.5) is 5.00 Å². The fourth-order valence-corrected chi connectivity index (χ4v) is 5.76. The van der Waals surface area contributed by atoms with E-state index >= 15 is 0 Å². The molecule has 0 radical (unpaired) electrons. The van der Waals surface area contributed by atoms with Crippen LogP contribution in [0.5, 0.6) is 0 Å². The van der Waals surface area contributed by atoms with Crippen molar-refractivity contribution in [2.45, 2.75) is 37.8 Å². The summed E-state index contributed by atoms with van der Waals surface area (Å²) in [4.78, 5) is 16.9. The first-order valence-electron chi connectivity index (χ1n) is 10.5. The molecule has 1 aromatic heterocycles. The third-order valence-electron chi connectivity index (χ3n) is 5.78. The number of hydrogen-bond donors (Lipinski definition) is 1. The van der Waals surface area contributed by atoms with Gasteiger partial charge in [-0.15, -0.1) is 11.3 Å². The molecule has 1 aliphatic heterocycles. The monoisotopic (exact) mass is 463 g/mol. The van der Waals surface area contributed by atoms with Crippen LogP contribution in [0.25, 0.3) is 0 Å². The lowest BCUT2D eigenvalue weighted by atomic mass is 10.0. The van der Waals surface area contributed by atoms with Crippen molar-refractivity contribution in [2.24, 2.45) is 0 Å². The first-order chi connectivity index (χ1) is 15.4. The highest BCUT2D eigenvalue weighted by atomic mass is 32.2. The van der Waals surface area contributed by atoms with Crippen LogP contribution in [-0.4, -0.2) is 28.2 Å². The molecule has 0 fully saturated rings. The summed E-state index contributed by atoms with van der Waals surface area (Å²) in [5, 5.41) is 13.4. The Balaban J connectivity index is 1.44. The molecule has 0 aliphatic carbocycles. The van der Waals surface area contributed by atoms with Crippen molar-refractivity contribution < 1.29 is 9.35 Å². The number of fused-ring (bicyclic) bond motifs is 1. The zero-order chi connectivity index (χ0) is 22.7. The number of rotatable bonds is 6.